The molecule has 0 saturated heterocycles. The minimum atomic E-state index is 0.709. The smallest absolute Gasteiger partial charge is 0.0537 e. The van der Waals surface area contributed by atoms with Crippen LogP contribution < -0.4 is 5.32 Å². The number of rotatable bonds is 4. The average molecular weight is 249 g/mol. The summed E-state index contributed by atoms with van der Waals surface area (Å²) < 4.78 is 1.96. The van der Waals surface area contributed by atoms with E-state index in [4.69, 9.17) is 0 Å². The zero-order valence-corrected chi connectivity index (χ0v) is 12.1. The van der Waals surface area contributed by atoms with E-state index in [1.54, 1.807) is 0 Å². The molecule has 1 aliphatic carbocycles. The van der Waals surface area contributed by atoms with Gasteiger partial charge in [0.2, 0.25) is 0 Å². The van der Waals surface area contributed by atoms with E-state index in [9.17, 15) is 0 Å². The van der Waals surface area contributed by atoms with Crippen LogP contribution in [0.25, 0.3) is 0 Å². The van der Waals surface area contributed by atoms with Gasteiger partial charge in [0.15, 0.2) is 0 Å². The number of aromatic nitrogens is 2. The molecule has 3 nitrogen and oxygen atoms in total. The van der Waals surface area contributed by atoms with Crippen LogP contribution in [-0.2, 0) is 13.6 Å². The van der Waals surface area contributed by atoms with Gasteiger partial charge in [-0.3, -0.25) is 4.68 Å². The fourth-order valence-electron chi connectivity index (χ4n) is 2.96. The molecular formula is C15H27N3. The Bertz CT molecular complexity index is 370. The van der Waals surface area contributed by atoms with E-state index < -0.39 is 0 Å². The monoisotopic (exact) mass is 249 g/mol. The summed E-state index contributed by atoms with van der Waals surface area (Å²) in [7, 11) is 2.01. The first kappa shape index (κ1) is 13.6. The number of aryl methyl sites for hydroxylation is 1. The highest BCUT2D eigenvalue weighted by Crippen LogP contribution is 2.25. The van der Waals surface area contributed by atoms with Crippen LogP contribution in [0.2, 0.25) is 0 Å². The maximum absolute atomic E-state index is 4.30. The van der Waals surface area contributed by atoms with Gasteiger partial charge < -0.3 is 5.32 Å². The Morgan fingerprint density at radius 2 is 2.17 bits per heavy atom. The minimum absolute atomic E-state index is 0.709. The highest BCUT2D eigenvalue weighted by molar-refractivity contribution is 5.15. The van der Waals surface area contributed by atoms with Gasteiger partial charge in [0.1, 0.15) is 0 Å². The summed E-state index contributed by atoms with van der Waals surface area (Å²) in [6.45, 7) is 5.45. The summed E-state index contributed by atoms with van der Waals surface area (Å²) >= 11 is 0. The van der Waals surface area contributed by atoms with Gasteiger partial charge in [-0.05, 0) is 32.1 Å². The first-order chi connectivity index (χ1) is 8.70. The topological polar surface area (TPSA) is 29.9 Å². The summed E-state index contributed by atoms with van der Waals surface area (Å²) in [6, 6.07) is 0.709. The van der Waals surface area contributed by atoms with E-state index in [-0.39, 0.29) is 0 Å². The molecule has 1 N–H and O–H groups in total. The third-order valence-electron chi connectivity index (χ3n) is 4.58. The molecule has 1 saturated carbocycles. The molecule has 1 heterocycles. The Labute approximate surface area is 111 Å². The molecule has 0 bridgehead atoms. The largest absolute Gasteiger partial charge is 0.310 e. The summed E-state index contributed by atoms with van der Waals surface area (Å²) in [5.74, 6) is 0.969. The molecule has 1 aromatic heterocycles. The fourth-order valence-corrected chi connectivity index (χ4v) is 2.96. The van der Waals surface area contributed by atoms with Crippen molar-refractivity contribution in [3.63, 3.8) is 0 Å². The van der Waals surface area contributed by atoms with Crippen molar-refractivity contribution >= 4 is 0 Å². The summed E-state index contributed by atoms with van der Waals surface area (Å²) in [5, 5.41) is 8.02. The van der Waals surface area contributed by atoms with Gasteiger partial charge >= 0.3 is 0 Å². The molecule has 0 aliphatic heterocycles. The van der Waals surface area contributed by atoms with Crippen molar-refractivity contribution in [2.45, 2.75) is 65.0 Å². The third kappa shape index (κ3) is 3.35. The van der Waals surface area contributed by atoms with Crippen molar-refractivity contribution in [2.75, 3.05) is 0 Å². The van der Waals surface area contributed by atoms with Crippen LogP contribution in [-0.4, -0.2) is 15.8 Å². The van der Waals surface area contributed by atoms with Crippen molar-refractivity contribution < 1.29 is 0 Å². The molecule has 2 rings (SSSR count). The maximum Gasteiger partial charge on any atom is 0.0537 e. The van der Waals surface area contributed by atoms with Crippen LogP contribution in [0.1, 0.15) is 56.7 Å². The lowest BCUT2D eigenvalue weighted by atomic mass is 9.98. The number of nitrogens with one attached hydrogen (secondary N) is 1. The zero-order valence-electron chi connectivity index (χ0n) is 12.1. The quantitative estimate of drug-likeness (QED) is 0.831. The third-order valence-corrected chi connectivity index (χ3v) is 4.58. The van der Waals surface area contributed by atoms with Crippen LogP contribution >= 0.6 is 0 Å². The lowest BCUT2D eigenvalue weighted by molar-refractivity contribution is 0.425. The summed E-state index contributed by atoms with van der Waals surface area (Å²) in [5.41, 5.74) is 2.62. The average Bonchev–Trinajstić information content (AvgIpc) is 2.59. The highest BCUT2D eigenvalue weighted by Gasteiger charge is 2.17. The Kier molecular flexibility index (Phi) is 4.81. The van der Waals surface area contributed by atoms with Crippen LogP contribution in [0.15, 0.2) is 6.20 Å². The molecule has 1 aromatic rings. The molecule has 1 aliphatic rings. The molecule has 0 radical (unpaired) electrons. The SMILES string of the molecule is CCC1CCCC(NCc2cnn(C)c2C)CC1. The second kappa shape index (κ2) is 6.37. The van der Waals surface area contributed by atoms with Gasteiger partial charge in [-0.25, -0.2) is 0 Å². The van der Waals surface area contributed by atoms with Crippen molar-refractivity contribution in [1.29, 1.82) is 0 Å². The van der Waals surface area contributed by atoms with Crippen LogP contribution in [0, 0.1) is 12.8 Å². The normalized spacial score (nSPS) is 25.1. The molecule has 3 heteroatoms. The van der Waals surface area contributed by atoms with E-state index in [0.29, 0.717) is 6.04 Å². The fraction of sp³-hybridized carbons (Fsp3) is 0.800. The lowest BCUT2D eigenvalue weighted by Gasteiger charge is -2.16. The number of hydrogen-bond acceptors (Lipinski definition) is 2. The van der Waals surface area contributed by atoms with Crippen LogP contribution in [0.4, 0.5) is 0 Å². The molecule has 1 fully saturated rings. The molecule has 0 spiro atoms. The molecule has 0 aromatic carbocycles. The van der Waals surface area contributed by atoms with E-state index >= 15 is 0 Å². The second-order valence-corrected chi connectivity index (χ2v) is 5.74. The van der Waals surface area contributed by atoms with Gasteiger partial charge in [-0.1, -0.05) is 26.2 Å². The predicted molar refractivity (Wildman–Crippen MR) is 75.4 cm³/mol. The van der Waals surface area contributed by atoms with Crippen molar-refractivity contribution in [1.82, 2.24) is 15.1 Å². The van der Waals surface area contributed by atoms with Gasteiger partial charge in [0.05, 0.1) is 6.20 Å². The molecule has 2 unspecified atom stereocenters. The Balaban J connectivity index is 1.81. The number of hydrogen-bond donors (Lipinski definition) is 1. The van der Waals surface area contributed by atoms with Crippen LogP contribution in [0.3, 0.4) is 0 Å². The van der Waals surface area contributed by atoms with Gasteiger partial charge in [0.25, 0.3) is 0 Å². The lowest BCUT2D eigenvalue weighted by Crippen LogP contribution is -2.28. The minimum Gasteiger partial charge on any atom is -0.310 e. The van der Waals surface area contributed by atoms with Crippen LogP contribution in [0.5, 0.6) is 0 Å². The van der Waals surface area contributed by atoms with Crippen molar-refractivity contribution in [3.05, 3.63) is 17.5 Å². The maximum atomic E-state index is 4.30. The Morgan fingerprint density at radius 3 is 2.83 bits per heavy atom. The van der Waals surface area contributed by atoms with Gasteiger partial charge in [-0.15, -0.1) is 0 Å². The molecule has 0 amide bonds. The highest BCUT2D eigenvalue weighted by atomic mass is 15.3. The first-order valence-electron chi connectivity index (χ1n) is 7.41. The van der Waals surface area contributed by atoms with E-state index in [1.165, 1.54) is 49.8 Å². The molecular weight excluding hydrogens is 222 g/mol. The van der Waals surface area contributed by atoms with E-state index in [1.807, 2.05) is 17.9 Å². The second-order valence-electron chi connectivity index (χ2n) is 5.74. The standard InChI is InChI=1S/C15H27N3/c1-4-13-6-5-7-15(9-8-13)16-10-14-11-17-18(3)12(14)2/h11,13,15-16H,4-10H2,1-3H3. The number of nitrogens with zero attached hydrogens (tertiary/aromatic N) is 2. The van der Waals surface area contributed by atoms with Crippen molar-refractivity contribution in [3.8, 4) is 0 Å². The first-order valence-corrected chi connectivity index (χ1v) is 7.41. The molecule has 18 heavy (non-hydrogen) atoms. The Morgan fingerprint density at radius 1 is 1.33 bits per heavy atom. The molecule has 102 valence electrons. The summed E-state index contributed by atoms with van der Waals surface area (Å²) in [4.78, 5) is 0. The Hall–Kier alpha value is -0.830. The van der Waals surface area contributed by atoms with Gasteiger partial charge in [0, 0.05) is 30.9 Å². The van der Waals surface area contributed by atoms with Gasteiger partial charge in [-0.2, -0.15) is 5.10 Å². The predicted octanol–water partition coefficient (Wildman–Crippen LogP) is 3.18. The summed E-state index contributed by atoms with van der Waals surface area (Å²) in [6.07, 6.45) is 10.3. The van der Waals surface area contributed by atoms with Crippen molar-refractivity contribution in [2.24, 2.45) is 13.0 Å². The van der Waals surface area contributed by atoms with E-state index in [2.05, 4.69) is 24.3 Å². The zero-order chi connectivity index (χ0) is 13.0. The van der Waals surface area contributed by atoms with E-state index in [0.717, 1.165) is 12.5 Å². The molecule has 2 atom stereocenters.